The first-order valence-corrected chi connectivity index (χ1v) is 7.39. The fourth-order valence-corrected chi connectivity index (χ4v) is 2.28. The Labute approximate surface area is 131 Å². The van der Waals surface area contributed by atoms with E-state index in [1.54, 1.807) is 38.1 Å². The molecular formula is C14H16BrClO4. The average molecular weight is 364 g/mol. The molecule has 0 fully saturated rings. The molecule has 1 aromatic carbocycles. The van der Waals surface area contributed by atoms with Gasteiger partial charge in [0.1, 0.15) is 0 Å². The summed E-state index contributed by atoms with van der Waals surface area (Å²) in [6.45, 7) is 3.73. The lowest BCUT2D eigenvalue weighted by Gasteiger charge is -2.23. The topological polar surface area (TPSA) is 52.6 Å². The number of hydrogen-bond acceptors (Lipinski definition) is 4. The predicted octanol–water partition coefficient (Wildman–Crippen LogP) is 3.14. The smallest absolute Gasteiger partial charge is 0.334 e. The molecule has 0 amide bonds. The van der Waals surface area contributed by atoms with Gasteiger partial charge in [-0.05, 0) is 31.5 Å². The lowest BCUT2D eigenvalue weighted by Crippen LogP contribution is -2.45. The third kappa shape index (κ3) is 4.21. The molecule has 0 spiro atoms. The van der Waals surface area contributed by atoms with Crippen molar-refractivity contribution in [2.75, 3.05) is 13.2 Å². The average Bonchev–Trinajstić information content (AvgIpc) is 2.41. The standard InChI is InChI=1S/C14H16BrClO4/c1-3-19-12(17)14(15,13(18)20-4-2)9-10-5-7-11(16)8-6-10/h5-8H,3-4,9H2,1-2H3. The normalized spacial score (nSPS) is 11.0. The molecular weight excluding hydrogens is 348 g/mol. The van der Waals surface area contributed by atoms with Gasteiger partial charge in [-0.3, -0.25) is 0 Å². The van der Waals surface area contributed by atoms with E-state index in [-0.39, 0.29) is 19.6 Å². The van der Waals surface area contributed by atoms with Gasteiger partial charge in [0, 0.05) is 11.4 Å². The van der Waals surface area contributed by atoms with Crippen molar-refractivity contribution >= 4 is 39.5 Å². The van der Waals surface area contributed by atoms with E-state index in [4.69, 9.17) is 21.1 Å². The highest BCUT2D eigenvalue weighted by Gasteiger charge is 2.46. The summed E-state index contributed by atoms with van der Waals surface area (Å²) in [5, 5.41) is 0.584. The first-order valence-electron chi connectivity index (χ1n) is 6.21. The van der Waals surface area contributed by atoms with E-state index >= 15 is 0 Å². The lowest BCUT2D eigenvalue weighted by molar-refractivity contribution is -0.158. The Kier molecular flexibility index (Phi) is 6.49. The Morgan fingerprint density at radius 1 is 1.10 bits per heavy atom. The Balaban J connectivity index is 3.00. The van der Waals surface area contributed by atoms with E-state index < -0.39 is 16.3 Å². The SMILES string of the molecule is CCOC(=O)C(Br)(Cc1ccc(Cl)cc1)C(=O)OCC. The molecule has 1 rings (SSSR count). The summed E-state index contributed by atoms with van der Waals surface area (Å²) in [5.74, 6) is -1.32. The quantitative estimate of drug-likeness (QED) is 0.443. The van der Waals surface area contributed by atoms with Crippen molar-refractivity contribution in [1.82, 2.24) is 0 Å². The van der Waals surface area contributed by atoms with Gasteiger partial charge in [-0.25, -0.2) is 9.59 Å². The highest BCUT2D eigenvalue weighted by atomic mass is 79.9. The van der Waals surface area contributed by atoms with Gasteiger partial charge in [-0.15, -0.1) is 0 Å². The summed E-state index contributed by atoms with van der Waals surface area (Å²) in [7, 11) is 0. The van der Waals surface area contributed by atoms with Crippen molar-refractivity contribution in [2.24, 2.45) is 0 Å². The first kappa shape index (κ1) is 17.0. The van der Waals surface area contributed by atoms with Gasteiger partial charge >= 0.3 is 11.9 Å². The summed E-state index contributed by atoms with van der Waals surface area (Å²) in [5.41, 5.74) is 0.771. The van der Waals surface area contributed by atoms with E-state index in [0.717, 1.165) is 5.56 Å². The van der Waals surface area contributed by atoms with E-state index in [2.05, 4.69) is 15.9 Å². The zero-order valence-corrected chi connectivity index (χ0v) is 13.7. The maximum Gasteiger partial charge on any atom is 0.334 e. The van der Waals surface area contributed by atoms with Gasteiger partial charge in [0.15, 0.2) is 0 Å². The van der Waals surface area contributed by atoms with Crippen molar-refractivity contribution < 1.29 is 19.1 Å². The second-order valence-corrected chi connectivity index (χ2v) is 5.84. The molecule has 0 aliphatic rings. The molecule has 0 aromatic heterocycles. The minimum atomic E-state index is -1.53. The van der Waals surface area contributed by atoms with Crippen molar-refractivity contribution in [2.45, 2.75) is 24.6 Å². The summed E-state index contributed by atoms with van der Waals surface area (Å²) in [6, 6.07) is 6.88. The number of carbonyl (C=O) groups excluding carboxylic acids is 2. The number of halogens is 2. The molecule has 0 unspecified atom stereocenters. The monoisotopic (exact) mass is 362 g/mol. The Bertz CT molecular complexity index is 455. The van der Waals surface area contributed by atoms with Crippen LogP contribution in [0, 0.1) is 0 Å². The highest BCUT2D eigenvalue weighted by molar-refractivity contribution is 9.10. The van der Waals surface area contributed by atoms with Crippen molar-refractivity contribution in [3.63, 3.8) is 0 Å². The van der Waals surface area contributed by atoms with Crippen LogP contribution in [-0.2, 0) is 25.5 Å². The van der Waals surface area contributed by atoms with Crippen LogP contribution < -0.4 is 0 Å². The number of ether oxygens (including phenoxy) is 2. The molecule has 0 bridgehead atoms. The number of rotatable bonds is 6. The van der Waals surface area contributed by atoms with Gasteiger partial charge in [0.25, 0.3) is 0 Å². The van der Waals surface area contributed by atoms with Crippen LogP contribution in [0.5, 0.6) is 0 Å². The second kappa shape index (κ2) is 7.64. The Hall–Kier alpha value is -1.07. The largest absolute Gasteiger partial charge is 0.464 e. The summed E-state index contributed by atoms with van der Waals surface area (Å²) >= 11 is 9.00. The third-order valence-corrected chi connectivity index (χ3v) is 3.74. The molecule has 0 aliphatic carbocycles. The minimum absolute atomic E-state index is 0.127. The molecule has 0 heterocycles. The van der Waals surface area contributed by atoms with Crippen LogP contribution in [0.3, 0.4) is 0 Å². The Morgan fingerprint density at radius 3 is 1.95 bits per heavy atom. The number of benzene rings is 1. The van der Waals surface area contributed by atoms with Crippen LogP contribution in [0.2, 0.25) is 5.02 Å². The minimum Gasteiger partial charge on any atom is -0.464 e. The fourth-order valence-electron chi connectivity index (χ4n) is 1.60. The van der Waals surface area contributed by atoms with Gasteiger partial charge in [-0.2, -0.15) is 0 Å². The van der Waals surface area contributed by atoms with Gasteiger partial charge in [0.2, 0.25) is 4.32 Å². The third-order valence-electron chi connectivity index (χ3n) is 2.56. The first-order chi connectivity index (χ1) is 9.43. The molecule has 0 radical (unpaired) electrons. The summed E-state index contributed by atoms with van der Waals surface area (Å²) in [6.07, 6.45) is 0.127. The van der Waals surface area contributed by atoms with E-state index in [0.29, 0.717) is 5.02 Å². The van der Waals surface area contributed by atoms with Crippen LogP contribution in [0.1, 0.15) is 19.4 Å². The maximum atomic E-state index is 12.1. The fraction of sp³-hybridized carbons (Fsp3) is 0.429. The van der Waals surface area contributed by atoms with E-state index in [1.807, 2.05) is 0 Å². The predicted molar refractivity (Wildman–Crippen MR) is 80.1 cm³/mol. The van der Waals surface area contributed by atoms with Gasteiger partial charge in [0.05, 0.1) is 13.2 Å². The van der Waals surface area contributed by atoms with Crippen LogP contribution in [0.4, 0.5) is 0 Å². The van der Waals surface area contributed by atoms with Crippen LogP contribution in [0.15, 0.2) is 24.3 Å². The van der Waals surface area contributed by atoms with Gasteiger partial charge < -0.3 is 9.47 Å². The summed E-state index contributed by atoms with van der Waals surface area (Å²) < 4.78 is 8.38. The maximum absolute atomic E-state index is 12.1. The molecule has 4 nitrogen and oxygen atoms in total. The van der Waals surface area contributed by atoms with Crippen molar-refractivity contribution in [1.29, 1.82) is 0 Å². The molecule has 0 saturated carbocycles. The molecule has 110 valence electrons. The van der Waals surface area contributed by atoms with Gasteiger partial charge in [-0.1, -0.05) is 39.7 Å². The summed E-state index contributed by atoms with van der Waals surface area (Å²) in [4.78, 5) is 24.1. The molecule has 0 atom stereocenters. The zero-order chi connectivity index (χ0) is 15.2. The molecule has 6 heteroatoms. The van der Waals surface area contributed by atoms with Crippen LogP contribution in [-0.4, -0.2) is 29.5 Å². The Morgan fingerprint density at radius 2 is 1.55 bits per heavy atom. The highest BCUT2D eigenvalue weighted by Crippen LogP contribution is 2.28. The van der Waals surface area contributed by atoms with Crippen LogP contribution >= 0.6 is 27.5 Å². The zero-order valence-electron chi connectivity index (χ0n) is 11.3. The van der Waals surface area contributed by atoms with Crippen molar-refractivity contribution in [3.05, 3.63) is 34.9 Å². The molecule has 0 aliphatic heterocycles. The number of carbonyl (C=O) groups is 2. The number of esters is 2. The molecule has 1 aromatic rings. The molecule has 20 heavy (non-hydrogen) atoms. The number of alkyl halides is 1. The molecule has 0 N–H and O–H groups in total. The van der Waals surface area contributed by atoms with E-state index in [1.165, 1.54) is 0 Å². The number of hydrogen-bond donors (Lipinski definition) is 0. The van der Waals surface area contributed by atoms with Crippen LogP contribution in [0.25, 0.3) is 0 Å². The molecule has 0 saturated heterocycles. The lowest BCUT2D eigenvalue weighted by atomic mass is 9.99. The second-order valence-electron chi connectivity index (χ2n) is 4.05. The van der Waals surface area contributed by atoms with Crippen molar-refractivity contribution in [3.8, 4) is 0 Å². The van der Waals surface area contributed by atoms with E-state index in [9.17, 15) is 9.59 Å².